The Morgan fingerprint density at radius 1 is 1.38 bits per heavy atom. The number of hydrogen-bond acceptors (Lipinski definition) is 5. The highest BCUT2D eigenvalue weighted by molar-refractivity contribution is 5.48. The molecule has 0 spiro atoms. The van der Waals surface area contributed by atoms with Crippen LogP contribution in [0.1, 0.15) is 37.8 Å². The van der Waals surface area contributed by atoms with E-state index in [9.17, 15) is 10.1 Å². The van der Waals surface area contributed by atoms with Crippen LogP contribution in [-0.2, 0) is 0 Å². The average molecular weight is 290 g/mol. The smallest absolute Gasteiger partial charge is 0.290 e. The normalized spacial score (nSPS) is 22.0. The third-order valence-electron chi connectivity index (χ3n) is 4.35. The second-order valence-electron chi connectivity index (χ2n) is 6.06. The van der Waals surface area contributed by atoms with Crippen molar-refractivity contribution in [3.63, 3.8) is 0 Å². The zero-order valence-electron chi connectivity index (χ0n) is 12.4. The molecule has 1 aliphatic carbocycles. The maximum Gasteiger partial charge on any atom is 0.290 e. The van der Waals surface area contributed by atoms with Gasteiger partial charge in [0, 0.05) is 24.7 Å². The number of anilines is 1. The predicted molar refractivity (Wildman–Crippen MR) is 81.6 cm³/mol. The molecule has 1 unspecified atom stereocenters. The Labute approximate surface area is 124 Å². The van der Waals surface area contributed by atoms with E-state index in [0.29, 0.717) is 17.8 Å². The summed E-state index contributed by atoms with van der Waals surface area (Å²) >= 11 is 0. The van der Waals surface area contributed by atoms with Crippen LogP contribution in [0, 0.1) is 17.0 Å². The SMILES string of the molecule is Cc1nc(N(CC2CCCCN2)C2CC2)ccc1[N+](=O)[O-]. The van der Waals surface area contributed by atoms with Gasteiger partial charge in [0.15, 0.2) is 0 Å². The van der Waals surface area contributed by atoms with E-state index in [4.69, 9.17) is 0 Å². The lowest BCUT2D eigenvalue weighted by molar-refractivity contribution is -0.385. The van der Waals surface area contributed by atoms with Gasteiger partial charge < -0.3 is 10.2 Å². The second-order valence-corrected chi connectivity index (χ2v) is 6.06. The first-order chi connectivity index (χ1) is 10.1. The Hall–Kier alpha value is -1.69. The molecule has 3 rings (SSSR count). The van der Waals surface area contributed by atoms with Crippen molar-refractivity contribution in [3.05, 3.63) is 27.9 Å². The lowest BCUT2D eigenvalue weighted by Crippen LogP contribution is -2.44. The number of aryl methyl sites for hydroxylation is 1. The first-order valence-corrected chi connectivity index (χ1v) is 7.77. The molecule has 1 aromatic heterocycles. The van der Waals surface area contributed by atoms with E-state index in [-0.39, 0.29) is 10.6 Å². The molecule has 2 heterocycles. The van der Waals surface area contributed by atoms with Gasteiger partial charge in [-0.15, -0.1) is 0 Å². The number of nitrogens with one attached hydrogen (secondary N) is 1. The van der Waals surface area contributed by atoms with Gasteiger partial charge in [-0.1, -0.05) is 6.42 Å². The lowest BCUT2D eigenvalue weighted by Gasteiger charge is -2.31. The number of aromatic nitrogens is 1. The summed E-state index contributed by atoms with van der Waals surface area (Å²) in [5.74, 6) is 0.882. The average Bonchev–Trinajstić information content (AvgIpc) is 3.30. The van der Waals surface area contributed by atoms with Crippen LogP contribution in [0.15, 0.2) is 12.1 Å². The van der Waals surface area contributed by atoms with Crippen molar-refractivity contribution < 1.29 is 4.92 Å². The Balaban J connectivity index is 1.77. The molecule has 2 aliphatic rings. The largest absolute Gasteiger partial charge is 0.352 e. The van der Waals surface area contributed by atoms with Gasteiger partial charge in [0.25, 0.3) is 5.69 Å². The van der Waals surface area contributed by atoms with Crippen LogP contribution in [0.2, 0.25) is 0 Å². The summed E-state index contributed by atoms with van der Waals surface area (Å²) < 4.78 is 0. The molecule has 1 saturated carbocycles. The molecule has 6 nitrogen and oxygen atoms in total. The summed E-state index contributed by atoms with van der Waals surface area (Å²) in [6.07, 6.45) is 6.14. The van der Waals surface area contributed by atoms with Crippen molar-refractivity contribution in [1.82, 2.24) is 10.3 Å². The van der Waals surface area contributed by atoms with E-state index in [0.717, 1.165) is 18.9 Å². The molecule has 114 valence electrons. The molecule has 0 aromatic carbocycles. The molecule has 0 amide bonds. The quantitative estimate of drug-likeness (QED) is 0.666. The van der Waals surface area contributed by atoms with Crippen LogP contribution in [-0.4, -0.2) is 35.1 Å². The first-order valence-electron chi connectivity index (χ1n) is 7.77. The van der Waals surface area contributed by atoms with E-state index in [1.165, 1.54) is 32.1 Å². The molecular weight excluding hydrogens is 268 g/mol. The van der Waals surface area contributed by atoms with E-state index < -0.39 is 0 Å². The van der Waals surface area contributed by atoms with Gasteiger partial charge in [-0.3, -0.25) is 10.1 Å². The van der Waals surface area contributed by atoms with Crippen molar-refractivity contribution >= 4 is 11.5 Å². The minimum Gasteiger partial charge on any atom is -0.352 e. The third-order valence-corrected chi connectivity index (χ3v) is 4.35. The molecule has 1 saturated heterocycles. The van der Waals surface area contributed by atoms with Gasteiger partial charge in [-0.05, 0) is 45.2 Å². The van der Waals surface area contributed by atoms with E-state index >= 15 is 0 Å². The van der Waals surface area contributed by atoms with Gasteiger partial charge in [0.2, 0.25) is 0 Å². The molecule has 1 atom stereocenters. The topological polar surface area (TPSA) is 71.3 Å². The van der Waals surface area contributed by atoms with Crippen LogP contribution in [0.4, 0.5) is 11.5 Å². The van der Waals surface area contributed by atoms with Crippen LogP contribution in [0.25, 0.3) is 0 Å². The molecular formula is C15H22N4O2. The standard InChI is InChI=1S/C15H22N4O2/c1-11-14(19(20)21)7-8-15(17-11)18(13-5-6-13)10-12-4-2-3-9-16-12/h7-8,12-13,16H,2-6,9-10H2,1H3. The second kappa shape index (κ2) is 5.97. The number of nitrogens with zero attached hydrogens (tertiary/aromatic N) is 3. The summed E-state index contributed by atoms with van der Waals surface area (Å²) in [4.78, 5) is 17.4. The fourth-order valence-corrected chi connectivity index (χ4v) is 3.03. The van der Waals surface area contributed by atoms with Gasteiger partial charge in [-0.25, -0.2) is 4.98 Å². The zero-order valence-corrected chi connectivity index (χ0v) is 12.4. The van der Waals surface area contributed by atoms with E-state index in [1.54, 1.807) is 19.1 Å². The highest BCUT2D eigenvalue weighted by atomic mass is 16.6. The van der Waals surface area contributed by atoms with Crippen molar-refractivity contribution in [1.29, 1.82) is 0 Å². The van der Waals surface area contributed by atoms with Crippen LogP contribution >= 0.6 is 0 Å². The number of nitro groups is 1. The van der Waals surface area contributed by atoms with Crippen molar-refractivity contribution in [3.8, 4) is 0 Å². The van der Waals surface area contributed by atoms with Crippen LogP contribution in [0.5, 0.6) is 0 Å². The van der Waals surface area contributed by atoms with Crippen molar-refractivity contribution in [2.75, 3.05) is 18.0 Å². The van der Waals surface area contributed by atoms with Crippen LogP contribution < -0.4 is 10.2 Å². The minimum atomic E-state index is -0.365. The van der Waals surface area contributed by atoms with Crippen LogP contribution in [0.3, 0.4) is 0 Å². The summed E-state index contributed by atoms with van der Waals surface area (Å²) in [5.41, 5.74) is 0.602. The molecule has 6 heteroatoms. The molecule has 0 radical (unpaired) electrons. The molecule has 0 bridgehead atoms. The minimum absolute atomic E-state index is 0.102. The predicted octanol–water partition coefficient (Wildman–Crippen LogP) is 2.41. The number of pyridine rings is 1. The summed E-state index contributed by atoms with van der Waals surface area (Å²) in [6.45, 7) is 3.76. The van der Waals surface area contributed by atoms with Gasteiger partial charge in [0.1, 0.15) is 11.5 Å². The maximum absolute atomic E-state index is 10.9. The Kier molecular flexibility index (Phi) is 4.05. The Bertz CT molecular complexity index is 524. The number of hydrogen-bond donors (Lipinski definition) is 1. The Morgan fingerprint density at radius 2 is 2.19 bits per heavy atom. The number of piperidine rings is 1. The molecule has 21 heavy (non-hydrogen) atoms. The molecule has 1 N–H and O–H groups in total. The highest BCUT2D eigenvalue weighted by Crippen LogP contribution is 2.32. The molecule has 1 aromatic rings. The lowest BCUT2D eigenvalue weighted by atomic mass is 10.0. The van der Waals surface area contributed by atoms with Gasteiger partial charge >= 0.3 is 0 Å². The Morgan fingerprint density at radius 3 is 2.76 bits per heavy atom. The van der Waals surface area contributed by atoms with Crippen molar-refractivity contribution in [2.24, 2.45) is 0 Å². The van der Waals surface area contributed by atoms with E-state index in [1.807, 2.05) is 0 Å². The van der Waals surface area contributed by atoms with E-state index in [2.05, 4.69) is 15.2 Å². The summed E-state index contributed by atoms with van der Waals surface area (Å²) in [7, 11) is 0. The zero-order chi connectivity index (χ0) is 14.8. The molecule has 1 aliphatic heterocycles. The fraction of sp³-hybridized carbons (Fsp3) is 0.667. The van der Waals surface area contributed by atoms with Gasteiger partial charge in [-0.2, -0.15) is 0 Å². The monoisotopic (exact) mass is 290 g/mol. The third kappa shape index (κ3) is 3.32. The van der Waals surface area contributed by atoms with Gasteiger partial charge in [0.05, 0.1) is 4.92 Å². The summed E-state index contributed by atoms with van der Waals surface area (Å²) in [5, 5.41) is 14.5. The molecule has 2 fully saturated rings. The van der Waals surface area contributed by atoms with Crippen molar-refractivity contribution in [2.45, 2.75) is 51.1 Å². The first kappa shape index (κ1) is 14.3. The number of rotatable bonds is 5. The highest BCUT2D eigenvalue weighted by Gasteiger charge is 2.32. The maximum atomic E-state index is 10.9. The fourth-order valence-electron chi connectivity index (χ4n) is 3.03. The summed E-state index contributed by atoms with van der Waals surface area (Å²) in [6, 6.07) is 4.45.